The van der Waals surface area contributed by atoms with E-state index in [1.165, 1.54) is 6.07 Å². The van der Waals surface area contributed by atoms with E-state index in [0.717, 1.165) is 0 Å². The molecular formula is C16H23N4O5P. The predicted octanol–water partition coefficient (Wildman–Crippen LogP) is 2.39. The average molecular weight is 382 g/mol. The van der Waals surface area contributed by atoms with Crippen LogP contribution < -0.4 is 5.32 Å². The van der Waals surface area contributed by atoms with Crippen molar-refractivity contribution in [2.45, 2.75) is 32.3 Å². The van der Waals surface area contributed by atoms with Crippen molar-refractivity contribution in [2.75, 3.05) is 19.4 Å². The topological polar surface area (TPSA) is 135 Å². The maximum atomic E-state index is 12.6. The van der Waals surface area contributed by atoms with Gasteiger partial charge in [0.05, 0.1) is 17.6 Å². The molecule has 0 atom stereocenters. The maximum absolute atomic E-state index is 12.6. The molecule has 0 aromatic heterocycles. The summed E-state index contributed by atoms with van der Waals surface area (Å²) in [6.07, 6.45) is 1.68. The zero-order valence-corrected chi connectivity index (χ0v) is 16.0. The first-order valence-corrected chi connectivity index (χ1v) is 9.42. The van der Waals surface area contributed by atoms with Crippen molar-refractivity contribution < 1.29 is 23.7 Å². The van der Waals surface area contributed by atoms with Crippen LogP contribution in [0.4, 0.5) is 11.4 Å². The number of carbonyl (C=O) groups is 1. The second-order valence-electron chi connectivity index (χ2n) is 5.79. The predicted molar refractivity (Wildman–Crippen MR) is 98.1 cm³/mol. The molecule has 0 saturated heterocycles. The number of nitrogens with zero attached hydrogens (tertiary/aromatic N) is 3. The Labute approximate surface area is 152 Å². The van der Waals surface area contributed by atoms with Crippen LogP contribution in [-0.2, 0) is 13.9 Å². The van der Waals surface area contributed by atoms with Crippen molar-refractivity contribution in [3.8, 4) is 6.07 Å². The Bertz CT molecular complexity index is 762. The van der Waals surface area contributed by atoms with Crippen molar-refractivity contribution in [2.24, 2.45) is 4.99 Å². The van der Waals surface area contributed by atoms with Gasteiger partial charge in [0.2, 0.25) is 0 Å². The molecule has 1 amide bonds. The summed E-state index contributed by atoms with van der Waals surface area (Å²) in [5.74, 6) is -0.695. The highest BCUT2D eigenvalue weighted by molar-refractivity contribution is 7.46. The van der Waals surface area contributed by atoms with E-state index in [0.29, 0.717) is 11.4 Å². The summed E-state index contributed by atoms with van der Waals surface area (Å²) in [5.41, 5.74) is -0.692. The van der Waals surface area contributed by atoms with Gasteiger partial charge in [-0.05, 0) is 31.0 Å². The molecule has 142 valence electrons. The lowest BCUT2D eigenvalue weighted by Gasteiger charge is -2.30. The lowest BCUT2D eigenvalue weighted by atomic mass is 9.96. The minimum Gasteiger partial charge on any atom is -0.369 e. The van der Waals surface area contributed by atoms with Crippen LogP contribution in [0.15, 0.2) is 23.2 Å². The molecule has 1 aromatic rings. The van der Waals surface area contributed by atoms with Crippen LogP contribution in [-0.4, -0.2) is 46.6 Å². The van der Waals surface area contributed by atoms with E-state index < -0.39 is 19.3 Å². The van der Waals surface area contributed by atoms with Crippen LogP contribution in [0.2, 0.25) is 0 Å². The number of nitriles is 1. The van der Waals surface area contributed by atoms with Gasteiger partial charge in [0, 0.05) is 19.8 Å². The highest BCUT2D eigenvalue weighted by Crippen LogP contribution is 2.44. The molecule has 0 aliphatic heterocycles. The zero-order valence-electron chi connectivity index (χ0n) is 15.1. The van der Waals surface area contributed by atoms with Gasteiger partial charge in [-0.15, -0.1) is 0 Å². The number of rotatable bonds is 8. The fraction of sp³-hybridized carbons (Fsp3) is 0.438. The van der Waals surface area contributed by atoms with E-state index in [2.05, 4.69) is 10.3 Å². The molecule has 0 spiro atoms. The van der Waals surface area contributed by atoms with Crippen molar-refractivity contribution in [3.63, 3.8) is 0 Å². The maximum Gasteiger partial charge on any atom is 0.470 e. The van der Waals surface area contributed by atoms with Crippen molar-refractivity contribution >= 4 is 31.4 Å². The minimum absolute atomic E-state index is 0.0662. The van der Waals surface area contributed by atoms with Crippen LogP contribution in [0, 0.1) is 11.3 Å². The number of benzene rings is 1. The first kappa shape index (κ1) is 21.8. The van der Waals surface area contributed by atoms with Crippen LogP contribution in [0.3, 0.4) is 0 Å². The summed E-state index contributed by atoms with van der Waals surface area (Å²) in [7, 11) is -1.27. The minimum atomic E-state index is -4.86. The molecule has 0 saturated carbocycles. The summed E-state index contributed by atoms with van der Waals surface area (Å²) in [6, 6.07) is 6.55. The number of hydrogen-bond donors (Lipinski definition) is 3. The van der Waals surface area contributed by atoms with Crippen molar-refractivity contribution in [3.05, 3.63) is 23.8 Å². The first-order chi connectivity index (χ1) is 12.1. The van der Waals surface area contributed by atoms with E-state index in [-0.39, 0.29) is 18.4 Å². The lowest BCUT2D eigenvalue weighted by molar-refractivity contribution is -0.133. The molecule has 9 nitrogen and oxygen atoms in total. The number of anilines is 1. The van der Waals surface area contributed by atoms with Crippen molar-refractivity contribution in [1.29, 1.82) is 5.26 Å². The van der Waals surface area contributed by atoms with Gasteiger partial charge in [-0.1, -0.05) is 13.8 Å². The normalized spacial score (nSPS) is 12.0. The zero-order chi connectivity index (χ0) is 20.0. The molecule has 1 aromatic carbocycles. The van der Waals surface area contributed by atoms with E-state index in [1.807, 2.05) is 6.07 Å². The molecule has 0 radical (unpaired) electrons. The Morgan fingerprint density at radius 2 is 2.04 bits per heavy atom. The Kier molecular flexibility index (Phi) is 7.48. The second kappa shape index (κ2) is 8.92. The number of phosphoric ester groups is 1. The summed E-state index contributed by atoms with van der Waals surface area (Å²) in [4.78, 5) is 36.7. The summed E-state index contributed by atoms with van der Waals surface area (Å²) < 4.78 is 16.0. The summed E-state index contributed by atoms with van der Waals surface area (Å²) >= 11 is 0. The van der Waals surface area contributed by atoms with Crippen LogP contribution >= 0.6 is 7.82 Å². The third-order valence-electron chi connectivity index (χ3n) is 3.65. The molecule has 0 bridgehead atoms. The van der Waals surface area contributed by atoms with Gasteiger partial charge in [-0.2, -0.15) is 5.26 Å². The fourth-order valence-corrected chi connectivity index (χ4v) is 3.00. The Hall–Kier alpha value is -2.24. The Morgan fingerprint density at radius 1 is 1.42 bits per heavy atom. The monoisotopic (exact) mass is 382 g/mol. The van der Waals surface area contributed by atoms with Gasteiger partial charge >= 0.3 is 7.82 Å². The van der Waals surface area contributed by atoms with Gasteiger partial charge in [0.15, 0.2) is 5.60 Å². The van der Waals surface area contributed by atoms with Gasteiger partial charge in [-0.3, -0.25) is 9.32 Å². The number of amides is 1. The van der Waals surface area contributed by atoms with Crippen LogP contribution in [0.25, 0.3) is 0 Å². The molecule has 0 aliphatic rings. The smallest absolute Gasteiger partial charge is 0.369 e. The van der Waals surface area contributed by atoms with Gasteiger partial charge in [-0.25, -0.2) is 9.56 Å². The van der Waals surface area contributed by atoms with E-state index in [1.54, 1.807) is 51.3 Å². The van der Waals surface area contributed by atoms with Crippen LogP contribution in [0.1, 0.15) is 32.3 Å². The second-order valence-corrected chi connectivity index (χ2v) is 6.95. The fourth-order valence-electron chi connectivity index (χ4n) is 2.21. The van der Waals surface area contributed by atoms with Crippen molar-refractivity contribution in [1.82, 2.24) is 4.90 Å². The number of hydrogen-bond acceptors (Lipinski definition) is 5. The first-order valence-electron chi connectivity index (χ1n) is 7.89. The van der Waals surface area contributed by atoms with Gasteiger partial charge in [0.1, 0.15) is 6.07 Å². The van der Waals surface area contributed by atoms with Crippen LogP contribution in [0.5, 0.6) is 0 Å². The average Bonchev–Trinajstić information content (AvgIpc) is 2.57. The Balaban J connectivity index is 3.12. The summed E-state index contributed by atoms with van der Waals surface area (Å²) in [5, 5.41) is 11.8. The lowest BCUT2D eigenvalue weighted by Crippen LogP contribution is -2.43. The van der Waals surface area contributed by atoms with E-state index in [4.69, 9.17) is 14.3 Å². The van der Waals surface area contributed by atoms with E-state index >= 15 is 0 Å². The molecule has 1 rings (SSSR count). The molecule has 0 heterocycles. The van der Waals surface area contributed by atoms with Gasteiger partial charge in [0.25, 0.3) is 5.91 Å². The molecule has 10 heteroatoms. The standard InChI is InChI=1S/C16H23N4O5P/c1-5-16(6-2,25-26(22,23)24)15(21)19-13-7-8-14(12(9-13)10-17)18-11-20(3)4/h7-9,11H,5-6H2,1-4H3,(H,19,21)(H2,22,23,24). The number of phosphoric acid groups is 1. The molecule has 0 aliphatic carbocycles. The SMILES string of the molecule is CCC(CC)(OP(=O)(O)O)C(=O)Nc1ccc(N=CN(C)C)c(C#N)c1. The Morgan fingerprint density at radius 3 is 2.50 bits per heavy atom. The third kappa shape index (κ3) is 5.93. The van der Waals surface area contributed by atoms with Gasteiger partial charge < -0.3 is 20.0 Å². The number of nitrogens with one attached hydrogen (secondary N) is 1. The molecule has 0 fully saturated rings. The molecule has 3 N–H and O–H groups in total. The molecule has 26 heavy (non-hydrogen) atoms. The third-order valence-corrected chi connectivity index (χ3v) is 4.24. The van der Waals surface area contributed by atoms with E-state index in [9.17, 15) is 14.6 Å². The highest BCUT2D eigenvalue weighted by atomic mass is 31.2. The quantitative estimate of drug-likeness (QED) is 0.357. The largest absolute Gasteiger partial charge is 0.470 e. The molecular weight excluding hydrogens is 359 g/mol. The summed E-state index contributed by atoms with van der Waals surface area (Å²) in [6.45, 7) is 3.19. The number of aliphatic imine (C=N–C) groups is 1. The highest BCUT2D eigenvalue weighted by Gasteiger charge is 2.42. The number of carbonyl (C=O) groups excluding carboxylic acids is 1. The molecule has 0 unspecified atom stereocenters.